The van der Waals surface area contributed by atoms with Crippen molar-refractivity contribution in [2.45, 2.75) is 12.1 Å². The van der Waals surface area contributed by atoms with Crippen LogP contribution in [0.25, 0.3) is 16.8 Å². The molecule has 4 aromatic rings. The highest BCUT2D eigenvalue weighted by Gasteiger charge is 2.64. The standard InChI is InChI=1S/C29H20N2O4/c32-27(22-10-5-15-35-22)26-24-23(25-21-9-4-3-7-18(21)13-14-30(25)26)28(33)31(29(24)34)20-12-11-17-6-1-2-8-19(17)16-20/h1-16,23-26H/t23-,24-,25+,26+/m1/s1. The van der Waals surface area contributed by atoms with Crippen LogP contribution in [-0.2, 0) is 9.59 Å². The second-order valence-electron chi connectivity index (χ2n) is 9.22. The van der Waals surface area contributed by atoms with E-state index in [9.17, 15) is 14.4 Å². The van der Waals surface area contributed by atoms with Crippen molar-refractivity contribution in [3.63, 3.8) is 0 Å². The van der Waals surface area contributed by atoms with Gasteiger partial charge in [-0.25, -0.2) is 4.90 Å². The predicted octanol–water partition coefficient (Wildman–Crippen LogP) is 4.83. The van der Waals surface area contributed by atoms with Crippen molar-refractivity contribution in [3.8, 4) is 0 Å². The van der Waals surface area contributed by atoms with Crippen molar-refractivity contribution in [1.29, 1.82) is 0 Å². The molecule has 2 fully saturated rings. The minimum Gasteiger partial charge on any atom is -0.461 e. The Bertz CT molecular complexity index is 1550. The number of rotatable bonds is 3. The van der Waals surface area contributed by atoms with Crippen LogP contribution in [0.15, 0.2) is 95.7 Å². The number of furan rings is 1. The van der Waals surface area contributed by atoms with E-state index in [1.54, 1.807) is 18.2 Å². The normalized spacial score (nSPS) is 24.6. The van der Waals surface area contributed by atoms with Gasteiger partial charge in [0.05, 0.1) is 29.8 Å². The maximum Gasteiger partial charge on any atom is 0.240 e. The van der Waals surface area contributed by atoms with Gasteiger partial charge in [-0.15, -0.1) is 0 Å². The Balaban J connectivity index is 1.38. The van der Waals surface area contributed by atoms with Gasteiger partial charge in [0.2, 0.25) is 17.6 Å². The summed E-state index contributed by atoms with van der Waals surface area (Å²) >= 11 is 0. The van der Waals surface area contributed by atoms with Crippen molar-refractivity contribution in [2.75, 3.05) is 4.90 Å². The maximum atomic E-state index is 14.0. The molecule has 2 amide bonds. The molecule has 0 unspecified atom stereocenters. The summed E-state index contributed by atoms with van der Waals surface area (Å²) in [4.78, 5) is 44.7. The summed E-state index contributed by atoms with van der Waals surface area (Å²) in [7, 11) is 0. The average molecular weight is 460 g/mol. The lowest BCUT2D eigenvalue weighted by atomic mass is 9.84. The molecule has 6 nitrogen and oxygen atoms in total. The Labute approximate surface area is 201 Å². The summed E-state index contributed by atoms with van der Waals surface area (Å²) in [5, 5.41) is 1.97. The van der Waals surface area contributed by atoms with Crippen molar-refractivity contribution >= 4 is 40.1 Å². The molecule has 4 heterocycles. The van der Waals surface area contributed by atoms with Gasteiger partial charge >= 0.3 is 0 Å². The van der Waals surface area contributed by atoms with Crippen LogP contribution in [-0.4, -0.2) is 28.5 Å². The topological polar surface area (TPSA) is 70.8 Å². The number of imide groups is 1. The minimum atomic E-state index is -0.831. The van der Waals surface area contributed by atoms with Gasteiger partial charge in [0.1, 0.15) is 6.04 Å². The second kappa shape index (κ2) is 7.27. The summed E-state index contributed by atoms with van der Waals surface area (Å²) in [5.74, 6) is -2.22. The summed E-state index contributed by atoms with van der Waals surface area (Å²) in [6.07, 6.45) is 5.23. The lowest BCUT2D eigenvalue weighted by Gasteiger charge is -2.35. The number of carbonyl (C=O) groups is 3. The van der Waals surface area contributed by atoms with Crippen LogP contribution in [0.1, 0.15) is 27.7 Å². The Hall–Kier alpha value is -4.45. The van der Waals surface area contributed by atoms with E-state index < -0.39 is 23.9 Å². The van der Waals surface area contributed by atoms with Gasteiger partial charge in [-0.2, -0.15) is 0 Å². The molecule has 35 heavy (non-hydrogen) atoms. The van der Waals surface area contributed by atoms with Gasteiger partial charge in [0, 0.05) is 6.20 Å². The first-order valence-electron chi connectivity index (χ1n) is 11.6. The monoisotopic (exact) mass is 460 g/mol. The van der Waals surface area contributed by atoms with Crippen LogP contribution < -0.4 is 4.90 Å². The summed E-state index contributed by atoms with van der Waals surface area (Å²) in [5.41, 5.74) is 2.47. The van der Waals surface area contributed by atoms with Crippen LogP contribution in [0.2, 0.25) is 0 Å². The van der Waals surface area contributed by atoms with E-state index in [1.165, 1.54) is 11.2 Å². The number of amides is 2. The van der Waals surface area contributed by atoms with Gasteiger partial charge in [-0.05, 0) is 52.2 Å². The van der Waals surface area contributed by atoms with Gasteiger partial charge < -0.3 is 9.32 Å². The maximum absolute atomic E-state index is 14.0. The largest absolute Gasteiger partial charge is 0.461 e. The zero-order chi connectivity index (χ0) is 23.7. The van der Waals surface area contributed by atoms with E-state index in [2.05, 4.69) is 0 Å². The molecule has 0 saturated carbocycles. The van der Waals surface area contributed by atoms with E-state index in [0.717, 1.165) is 21.9 Å². The van der Waals surface area contributed by atoms with E-state index >= 15 is 0 Å². The Morgan fingerprint density at radius 1 is 0.800 bits per heavy atom. The van der Waals surface area contributed by atoms with Gasteiger partial charge in [-0.1, -0.05) is 54.6 Å². The third-order valence-corrected chi connectivity index (χ3v) is 7.49. The van der Waals surface area contributed by atoms with E-state index in [1.807, 2.05) is 77.8 Å². The molecule has 1 aromatic heterocycles. The third kappa shape index (κ3) is 2.74. The molecule has 4 atom stereocenters. The van der Waals surface area contributed by atoms with Crippen LogP contribution >= 0.6 is 0 Å². The smallest absolute Gasteiger partial charge is 0.240 e. The molecule has 0 radical (unpaired) electrons. The van der Waals surface area contributed by atoms with E-state index in [4.69, 9.17) is 4.42 Å². The summed E-state index contributed by atoms with van der Waals surface area (Å²) in [6.45, 7) is 0. The molecule has 3 aliphatic rings. The Morgan fingerprint density at radius 2 is 1.57 bits per heavy atom. The molecule has 7 rings (SSSR count). The van der Waals surface area contributed by atoms with Crippen LogP contribution in [0, 0.1) is 11.8 Å². The molecular weight excluding hydrogens is 440 g/mol. The number of hydrogen-bond acceptors (Lipinski definition) is 5. The lowest BCUT2D eigenvalue weighted by Crippen LogP contribution is -2.44. The number of hydrogen-bond donors (Lipinski definition) is 0. The fourth-order valence-corrected chi connectivity index (χ4v) is 5.99. The second-order valence-corrected chi connectivity index (χ2v) is 9.22. The van der Waals surface area contributed by atoms with Crippen molar-refractivity contribution < 1.29 is 18.8 Å². The highest BCUT2D eigenvalue weighted by molar-refractivity contribution is 6.25. The number of anilines is 1. The van der Waals surface area contributed by atoms with Gasteiger partial charge in [0.15, 0.2) is 5.76 Å². The van der Waals surface area contributed by atoms with Gasteiger partial charge in [0.25, 0.3) is 0 Å². The van der Waals surface area contributed by atoms with E-state index in [0.29, 0.717) is 5.69 Å². The molecular formula is C29H20N2O4. The number of fused-ring (bicyclic) bond motifs is 6. The van der Waals surface area contributed by atoms with Crippen molar-refractivity contribution in [3.05, 3.63) is 108 Å². The quantitative estimate of drug-likeness (QED) is 0.324. The number of nitrogens with zero attached hydrogens (tertiary/aromatic N) is 2. The lowest BCUT2D eigenvalue weighted by molar-refractivity contribution is -0.123. The first-order chi connectivity index (χ1) is 17.1. The SMILES string of the molecule is O=C(c1ccco1)[C@@H]1[C@@H]2C(=O)N(c3ccc4ccccc4c3)C(=O)[C@H]2[C@@H]2c3ccccc3C=CN12. The van der Waals surface area contributed by atoms with E-state index in [-0.39, 0.29) is 23.4 Å². The molecule has 3 aromatic carbocycles. The highest BCUT2D eigenvalue weighted by atomic mass is 16.3. The average Bonchev–Trinajstić information content (AvgIpc) is 3.60. The molecule has 0 N–H and O–H groups in total. The molecule has 3 aliphatic heterocycles. The third-order valence-electron chi connectivity index (χ3n) is 7.49. The molecule has 0 aliphatic carbocycles. The Kier molecular flexibility index (Phi) is 4.15. The van der Waals surface area contributed by atoms with Crippen LogP contribution in [0.5, 0.6) is 0 Å². The van der Waals surface area contributed by atoms with Crippen molar-refractivity contribution in [2.24, 2.45) is 11.8 Å². The predicted molar refractivity (Wildman–Crippen MR) is 130 cm³/mol. The number of carbonyl (C=O) groups excluding carboxylic acids is 3. The molecule has 6 heteroatoms. The molecule has 170 valence electrons. The van der Waals surface area contributed by atoms with Gasteiger partial charge in [-0.3, -0.25) is 14.4 Å². The zero-order valence-electron chi connectivity index (χ0n) is 18.6. The number of Topliss-reactive ketones (excluding diaryl/α,β-unsaturated/α-hetero) is 1. The number of ketones is 1. The fraction of sp³-hybridized carbons (Fsp3) is 0.138. The number of benzene rings is 3. The Morgan fingerprint density at radius 3 is 2.40 bits per heavy atom. The molecule has 0 spiro atoms. The molecule has 2 saturated heterocycles. The minimum absolute atomic E-state index is 0.186. The molecule has 0 bridgehead atoms. The summed E-state index contributed by atoms with van der Waals surface area (Å²) < 4.78 is 5.42. The first kappa shape index (κ1) is 20.0. The van der Waals surface area contributed by atoms with Crippen LogP contribution in [0.3, 0.4) is 0 Å². The highest BCUT2D eigenvalue weighted by Crippen LogP contribution is 2.53. The zero-order valence-corrected chi connectivity index (χ0v) is 18.6. The summed E-state index contributed by atoms with van der Waals surface area (Å²) in [6, 6.07) is 23.3. The first-order valence-corrected chi connectivity index (χ1v) is 11.6. The fourth-order valence-electron chi connectivity index (χ4n) is 5.99. The van der Waals surface area contributed by atoms with Crippen LogP contribution in [0.4, 0.5) is 5.69 Å². The van der Waals surface area contributed by atoms with Crippen molar-refractivity contribution in [1.82, 2.24) is 4.90 Å².